The van der Waals surface area contributed by atoms with E-state index in [-0.39, 0.29) is 11.7 Å². The lowest BCUT2D eigenvalue weighted by Crippen LogP contribution is -2.34. The quantitative estimate of drug-likeness (QED) is 0.630. The van der Waals surface area contributed by atoms with Crippen LogP contribution in [0, 0.1) is 5.82 Å². The van der Waals surface area contributed by atoms with Crippen LogP contribution in [0.25, 0.3) is 0 Å². The molecular formula is C16H15BrFN3O. The van der Waals surface area contributed by atoms with Gasteiger partial charge in [0.2, 0.25) is 0 Å². The van der Waals surface area contributed by atoms with Gasteiger partial charge in [0.1, 0.15) is 11.9 Å². The van der Waals surface area contributed by atoms with Crippen molar-refractivity contribution in [3.05, 3.63) is 64.4 Å². The second-order valence-electron chi connectivity index (χ2n) is 4.63. The van der Waals surface area contributed by atoms with Crippen LogP contribution in [-0.2, 0) is 4.79 Å². The third-order valence-electron chi connectivity index (χ3n) is 2.90. The third kappa shape index (κ3) is 4.66. The Kier molecular flexibility index (Phi) is 5.66. The molecule has 2 N–H and O–H groups in total. The molecular weight excluding hydrogens is 349 g/mol. The van der Waals surface area contributed by atoms with Crippen LogP contribution >= 0.6 is 15.9 Å². The Morgan fingerprint density at radius 2 is 1.91 bits per heavy atom. The van der Waals surface area contributed by atoms with Gasteiger partial charge in [-0.2, -0.15) is 5.10 Å². The second kappa shape index (κ2) is 7.70. The number of benzene rings is 2. The Hall–Kier alpha value is -2.21. The Balaban J connectivity index is 1.89. The minimum atomic E-state index is -0.473. The molecule has 0 fully saturated rings. The standard InChI is InChI=1S/C16H15BrFN3O/c1-11(20-14-8-6-13(17)7-9-14)16(22)21-19-10-12-4-2-3-5-15(12)18/h2-11,20H,1H3,(H,21,22). The first-order chi connectivity index (χ1) is 10.6. The Morgan fingerprint density at radius 3 is 2.59 bits per heavy atom. The van der Waals surface area contributed by atoms with E-state index in [9.17, 15) is 9.18 Å². The summed E-state index contributed by atoms with van der Waals surface area (Å²) >= 11 is 3.35. The van der Waals surface area contributed by atoms with Gasteiger partial charge < -0.3 is 5.32 Å². The van der Waals surface area contributed by atoms with Crippen LogP contribution < -0.4 is 10.7 Å². The molecule has 1 atom stereocenters. The van der Waals surface area contributed by atoms with Crippen LogP contribution in [0.2, 0.25) is 0 Å². The van der Waals surface area contributed by atoms with E-state index in [2.05, 4.69) is 31.8 Å². The molecule has 0 bridgehead atoms. The second-order valence-corrected chi connectivity index (χ2v) is 5.54. The van der Waals surface area contributed by atoms with E-state index in [0.29, 0.717) is 5.56 Å². The highest BCUT2D eigenvalue weighted by molar-refractivity contribution is 9.10. The number of carbonyl (C=O) groups excluding carboxylic acids is 1. The molecule has 2 rings (SSSR count). The zero-order chi connectivity index (χ0) is 15.9. The number of nitrogens with zero attached hydrogens (tertiary/aromatic N) is 1. The fraction of sp³-hybridized carbons (Fsp3) is 0.125. The summed E-state index contributed by atoms with van der Waals surface area (Å²) in [5.74, 6) is -0.697. The van der Waals surface area contributed by atoms with Gasteiger partial charge in [-0.1, -0.05) is 34.1 Å². The Labute approximate surface area is 136 Å². The van der Waals surface area contributed by atoms with E-state index in [1.165, 1.54) is 12.3 Å². The molecule has 0 saturated carbocycles. The number of nitrogens with one attached hydrogen (secondary N) is 2. The number of rotatable bonds is 5. The fourth-order valence-corrected chi connectivity index (χ4v) is 1.97. The number of carbonyl (C=O) groups is 1. The number of amides is 1. The lowest BCUT2D eigenvalue weighted by Gasteiger charge is -2.13. The van der Waals surface area contributed by atoms with E-state index < -0.39 is 6.04 Å². The molecule has 6 heteroatoms. The molecule has 2 aromatic carbocycles. The van der Waals surface area contributed by atoms with Gasteiger partial charge in [0.15, 0.2) is 0 Å². The summed E-state index contributed by atoms with van der Waals surface area (Å²) in [5.41, 5.74) is 3.52. The van der Waals surface area contributed by atoms with Gasteiger partial charge >= 0.3 is 0 Å². The predicted octanol–water partition coefficient (Wildman–Crippen LogP) is 3.54. The first-order valence-electron chi connectivity index (χ1n) is 6.66. The monoisotopic (exact) mass is 363 g/mol. The maximum absolute atomic E-state index is 13.4. The molecule has 0 aliphatic heterocycles. The van der Waals surface area contributed by atoms with E-state index in [1.54, 1.807) is 25.1 Å². The summed E-state index contributed by atoms with van der Waals surface area (Å²) in [5, 5.41) is 6.82. The van der Waals surface area contributed by atoms with Crippen molar-refractivity contribution in [2.45, 2.75) is 13.0 Å². The lowest BCUT2D eigenvalue weighted by atomic mass is 10.2. The molecule has 22 heavy (non-hydrogen) atoms. The molecule has 0 spiro atoms. The van der Waals surface area contributed by atoms with Crippen molar-refractivity contribution < 1.29 is 9.18 Å². The fourth-order valence-electron chi connectivity index (χ4n) is 1.70. The maximum atomic E-state index is 13.4. The van der Waals surface area contributed by atoms with Crippen LogP contribution in [0.3, 0.4) is 0 Å². The molecule has 4 nitrogen and oxygen atoms in total. The Bertz CT molecular complexity index is 673. The van der Waals surface area contributed by atoms with Gasteiger partial charge in [0.25, 0.3) is 5.91 Å². The molecule has 114 valence electrons. The van der Waals surface area contributed by atoms with Crippen LogP contribution in [-0.4, -0.2) is 18.2 Å². The first kappa shape index (κ1) is 16.2. The van der Waals surface area contributed by atoms with Crippen LogP contribution in [0.5, 0.6) is 0 Å². The van der Waals surface area contributed by atoms with Crippen molar-refractivity contribution in [3.63, 3.8) is 0 Å². The van der Waals surface area contributed by atoms with Crippen molar-refractivity contribution in [1.29, 1.82) is 0 Å². The van der Waals surface area contributed by atoms with Gasteiger partial charge in [0.05, 0.1) is 6.21 Å². The van der Waals surface area contributed by atoms with E-state index in [4.69, 9.17) is 0 Å². The summed E-state index contributed by atoms with van der Waals surface area (Å²) < 4.78 is 14.3. The van der Waals surface area contributed by atoms with E-state index in [0.717, 1.165) is 10.2 Å². The van der Waals surface area contributed by atoms with Crippen molar-refractivity contribution >= 4 is 33.7 Å². The molecule has 0 saturated heterocycles. The number of hydrogen-bond acceptors (Lipinski definition) is 3. The topological polar surface area (TPSA) is 53.5 Å². The molecule has 0 aliphatic rings. The van der Waals surface area contributed by atoms with Crippen LogP contribution in [0.4, 0.5) is 10.1 Å². The van der Waals surface area contributed by atoms with Crippen molar-refractivity contribution in [3.8, 4) is 0 Å². The van der Waals surface area contributed by atoms with E-state index >= 15 is 0 Å². The number of halogens is 2. The summed E-state index contributed by atoms with van der Waals surface area (Å²) in [6.45, 7) is 1.72. The van der Waals surface area contributed by atoms with Gasteiger partial charge in [0, 0.05) is 15.7 Å². The molecule has 2 aromatic rings. The number of hydrogen-bond donors (Lipinski definition) is 2. The van der Waals surface area contributed by atoms with Gasteiger partial charge in [-0.25, -0.2) is 9.82 Å². The predicted molar refractivity (Wildman–Crippen MR) is 89.4 cm³/mol. The molecule has 0 radical (unpaired) electrons. The Morgan fingerprint density at radius 1 is 1.23 bits per heavy atom. The highest BCUT2D eigenvalue weighted by Gasteiger charge is 2.11. The normalized spacial score (nSPS) is 12.1. The van der Waals surface area contributed by atoms with Crippen LogP contribution in [0.1, 0.15) is 12.5 Å². The molecule has 0 aromatic heterocycles. The average Bonchev–Trinajstić information content (AvgIpc) is 2.51. The largest absolute Gasteiger partial charge is 0.374 e. The van der Waals surface area contributed by atoms with Crippen molar-refractivity contribution in [2.24, 2.45) is 5.10 Å². The molecule has 1 unspecified atom stereocenters. The highest BCUT2D eigenvalue weighted by atomic mass is 79.9. The lowest BCUT2D eigenvalue weighted by molar-refractivity contribution is -0.121. The zero-order valence-electron chi connectivity index (χ0n) is 11.9. The highest BCUT2D eigenvalue weighted by Crippen LogP contribution is 2.14. The van der Waals surface area contributed by atoms with Gasteiger partial charge in [-0.15, -0.1) is 0 Å². The number of anilines is 1. The summed E-state index contributed by atoms with van der Waals surface area (Å²) in [4.78, 5) is 11.9. The summed E-state index contributed by atoms with van der Waals surface area (Å²) in [7, 11) is 0. The van der Waals surface area contributed by atoms with Crippen molar-refractivity contribution in [1.82, 2.24) is 5.43 Å². The van der Waals surface area contributed by atoms with Gasteiger partial charge in [-0.05, 0) is 37.3 Å². The molecule has 0 aliphatic carbocycles. The smallest absolute Gasteiger partial charge is 0.262 e. The SMILES string of the molecule is CC(Nc1ccc(Br)cc1)C(=O)NN=Cc1ccccc1F. The third-order valence-corrected chi connectivity index (χ3v) is 3.43. The molecule has 1 amide bonds. The minimum absolute atomic E-state index is 0.310. The first-order valence-corrected chi connectivity index (χ1v) is 7.45. The minimum Gasteiger partial charge on any atom is -0.374 e. The number of hydrazone groups is 1. The zero-order valence-corrected chi connectivity index (χ0v) is 13.5. The van der Waals surface area contributed by atoms with Crippen LogP contribution in [0.15, 0.2) is 58.1 Å². The summed E-state index contributed by atoms with van der Waals surface area (Å²) in [6, 6.07) is 13.2. The average molecular weight is 364 g/mol. The van der Waals surface area contributed by atoms with E-state index in [1.807, 2.05) is 24.3 Å². The molecule has 0 heterocycles. The van der Waals surface area contributed by atoms with Crippen molar-refractivity contribution in [2.75, 3.05) is 5.32 Å². The van der Waals surface area contributed by atoms with Gasteiger partial charge in [-0.3, -0.25) is 4.79 Å². The summed E-state index contributed by atoms with van der Waals surface area (Å²) in [6.07, 6.45) is 1.28. The maximum Gasteiger partial charge on any atom is 0.262 e.